The average Bonchev–Trinajstić information content (AvgIpc) is 3.51. The molecule has 2 heterocycles. The smallest absolute Gasteiger partial charge is 0.240 e. The van der Waals surface area contributed by atoms with Crippen molar-refractivity contribution in [2.45, 2.75) is 44.7 Å². The second-order valence-corrected chi connectivity index (χ2v) is 10.9. The highest BCUT2D eigenvalue weighted by Crippen LogP contribution is 2.54. The SMILES string of the molecule is Cc1ccccc1C(=O)C1C(c2sccc2C)C(C(N)=O)N(C(=O)C2CC2)C1c1ccc(Cl)cc1. The van der Waals surface area contributed by atoms with E-state index in [0.29, 0.717) is 10.6 Å². The van der Waals surface area contributed by atoms with Crippen LogP contribution in [0.1, 0.15) is 56.7 Å². The number of carbonyl (C=O) groups excluding carboxylic acids is 3. The number of primary amides is 1. The molecule has 1 saturated carbocycles. The number of thiophene rings is 1. The zero-order chi connectivity index (χ0) is 24.9. The molecule has 7 heteroatoms. The van der Waals surface area contributed by atoms with E-state index in [9.17, 15) is 14.4 Å². The Balaban J connectivity index is 1.76. The summed E-state index contributed by atoms with van der Waals surface area (Å²) in [4.78, 5) is 43.7. The van der Waals surface area contributed by atoms with E-state index >= 15 is 0 Å². The molecule has 180 valence electrons. The molecule has 5 rings (SSSR count). The summed E-state index contributed by atoms with van der Waals surface area (Å²) in [6.07, 6.45) is 1.57. The van der Waals surface area contributed by atoms with Crippen molar-refractivity contribution in [3.8, 4) is 0 Å². The van der Waals surface area contributed by atoms with Gasteiger partial charge in [-0.1, -0.05) is 48.0 Å². The average molecular weight is 507 g/mol. The van der Waals surface area contributed by atoms with Gasteiger partial charge in [-0.2, -0.15) is 0 Å². The van der Waals surface area contributed by atoms with Crippen LogP contribution < -0.4 is 5.73 Å². The van der Waals surface area contributed by atoms with E-state index in [1.807, 2.05) is 61.7 Å². The number of carbonyl (C=O) groups is 3. The minimum Gasteiger partial charge on any atom is -0.368 e. The number of hydrogen-bond donors (Lipinski definition) is 1. The third-order valence-corrected chi connectivity index (χ3v) is 8.64. The molecule has 2 aromatic carbocycles. The first-order valence-electron chi connectivity index (χ1n) is 11.8. The Kier molecular flexibility index (Phi) is 6.28. The molecule has 0 radical (unpaired) electrons. The summed E-state index contributed by atoms with van der Waals surface area (Å²) in [6.45, 7) is 3.88. The van der Waals surface area contributed by atoms with Gasteiger partial charge in [0.05, 0.1) is 12.0 Å². The summed E-state index contributed by atoms with van der Waals surface area (Å²) in [7, 11) is 0. The first-order valence-corrected chi connectivity index (χ1v) is 13.1. The van der Waals surface area contributed by atoms with Crippen LogP contribution in [0.5, 0.6) is 0 Å². The third-order valence-electron chi connectivity index (χ3n) is 7.27. The van der Waals surface area contributed by atoms with Crippen LogP contribution in [0.3, 0.4) is 0 Å². The van der Waals surface area contributed by atoms with Gasteiger partial charge in [-0.15, -0.1) is 11.3 Å². The van der Waals surface area contributed by atoms with Crippen molar-refractivity contribution in [1.82, 2.24) is 4.90 Å². The third kappa shape index (κ3) is 4.19. The van der Waals surface area contributed by atoms with Gasteiger partial charge >= 0.3 is 0 Å². The Morgan fingerprint density at radius 1 is 0.971 bits per heavy atom. The van der Waals surface area contributed by atoms with E-state index in [-0.39, 0.29) is 17.6 Å². The predicted octanol–water partition coefficient (Wildman–Crippen LogP) is 5.45. The number of aryl methyl sites for hydroxylation is 2. The number of hydrogen-bond acceptors (Lipinski definition) is 4. The number of rotatable bonds is 6. The quantitative estimate of drug-likeness (QED) is 0.451. The number of nitrogens with two attached hydrogens (primary N) is 1. The maximum absolute atomic E-state index is 14.3. The number of Topliss-reactive ketones (excluding diaryl/α,β-unsaturated/α-hetero) is 1. The van der Waals surface area contributed by atoms with Crippen LogP contribution in [0.25, 0.3) is 0 Å². The molecular formula is C28H27ClN2O3S. The second-order valence-electron chi connectivity index (χ2n) is 9.56. The van der Waals surface area contributed by atoms with Gasteiger partial charge in [-0.25, -0.2) is 0 Å². The largest absolute Gasteiger partial charge is 0.368 e. The Morgan fingerprint density at radius 2 is 1.66 bits per heavy atom. The number of amides is 2. The molecule has 4 unspecified atom stereocenters. The van der Waals surface area contributed by atoms with Crippen molar-refractivity contribution in [1.29, 1.82) is 0 Å². The zero-order valence-corrected chi connectivity index (χ0v) is 21.2. The van der Waals surface area contributed by atoms with E-state index in [2.05, 4.69) is 0 Å². The molecule has 3 aromatic rings. The summed E-state index contributed by atoms with van der Waals surface area (Å²) < 4.78 is 0. The molecule has 4 atom stereocenters. The van der Waals surface area contributed by atoms with Gasteiger partial charge < -0.3 is 10.6 Å². The minimum atomic E-state index is -0.918. The number of likely N-dealkylation sites (tertiary alicyclic amines) is 1. The monoisotopic (exact) mass is 506 g/mol. The van der Waals surface area contributed by atoms with Crippen LogP contribution in [-0.2, 0) is 9.59 Å². The molecule has 35 heavy (non-hydrogen) atoms. The zero-order valence-electron chi connectivity index (χ0n) is 19.6. The molecule has 1 saturated heterocycles. The van der Waals surface area contributed by atoms with Crippen molar-refractivity contribution in [3.63, 3.8) is 0 Å². The van der Waals surface area contributed by atoms with Crippen LogP contribution in [0.4, 0.5) is 0 Å². The number of nitrogens with zero attached hydrogens (tertiary/aromatic N) is 1. The van der Waals surface area contributed by atoms with Gasteiger partial charge in [0.25, 0.3) is 0 Å². The highest BCUT2D eigenvalue weighted by Gasteiger charge is 2.59. The fourth-order valence-corrected chi connectivity index (χ4v) is 6.67. The van der Waals surface area contributed by atoms with Gasteiger partial charge in [0.2, 0.25) is 11.8 Å². The summed E-state index contributed by atoms with van der Waals surface area (Å²) >= 11 is 7.69. The Labute approximate surface area is 213 Å². The first kappa shape index (κ1) is 23.8. The maximum Gasteiger partial charge on any atom is 0.240 e. The van der Waals surface area contributed by atoms with Gasteiger partial charge in [0.15, 0.2) is 5.78 Å². The van der Waals surface area contributed by atoms with Crippen LogP contribution in [0.2, 0.25) is 5.02 Å². The summed E-state index contributed by atoms with van der Waals surface area (Å²) in [5.41, 5.74) is 9.25. The Morgan fingerprint density at radius 3 is 2.23 bits per heavy atom. The van der Waals surface area contributed by atoms with E-state index in [1.165, 1.54) is 11.3 Å². The number of benzene rings is 2. The minimum absolute atomic E-state index is 0.0850. The lowest BCUT2D eigenvalue weighted by Gasteiger charge is -2.31. The second kappa shape index (κ2) is 9.25. The normalized spacial score (nSPS) is 23.9. The van der Waals surface area contributed by atoms with Crippen LogP contribution in [-0.4, -0.2) is 28.5 Å². The van der Waals surface area contributed by atoms with Gasteiger partial charge in [0.1, 0.15) is 6.04 Å². The number of ketones is 1. The van der Waals surface area contributed by atoms with Crippen molar-refractivity contribution >= 4 is 40.5 Å². The number of halogens is 1. The standard InChI is InChI=1S/C28H27ClN2O3S/c1-15-5-3-4-6-20(15)25(32)21-22(26-16(2)13-14-35-26)24(27(30)33)31(28(34)18-7-8-18)23(21)17-9-11-19(29)12-10-17/h3-6,9-14,18,21-24H,7-8H2,1-2H3,(H2,30,33). The highest BCUT2D eigenvalue weighted by atomic mass is 35.5. The summed E-state index contributed by atoms with van der Waals surface area (Å²) in [6, 6.07) is 15.1. The summed E-state index contributed by atoms with van der Waals surface area (Å²) in [5.74, 6) is -2.12. The fraction of sp³-hybridized carbons (Fsp3) is 0.321. The topological polar surface area (TPSA) is 80.5 Å². The van der Waals surface area contributed by atoms with Crippen molar-refractivity contribution in [2.24, 2.45) is 17.6 Å². The van der Waals surface area contributed by atoms with E-state index in [0.717, 1.165) is 34.4 Å². The molecule has 2 aliphatic rings. The van der Waals surface area contributed by atoms with Crippen LogP contribution >= 0.6 is 22.9 Å². The lowest BCUT2D eigenvalue weighted by Crippen LogP contribution is -2.47. The molecule has 1 aliphatic heterocycles. The molecule has 2 amide bonds. The van der Waals surface area contributed by atoms with Crippen LogP contribution in [0, 0.1) is 25.7 Å². The summed E-state index contributed by atoms with van der Waals surface area (Å²) in [5, 5.41) is 2.52. The molecule has 2 fully saturated rings. The molecule has 0 bridgehead atoms. The van der Waals surface area contributed by atoms with Gasteiger partial charge in [-0.05, 0) is 67.0 Å². The molecule has 1 aliphatic carbocycles. The first-order chi connectivity index (χ1) is 16.8. The molecule has 1 aromatic heterocycles. The lowest BCUT2D eigenvalue weighted by atomic mass is 9.77. The van der Waals surface area contributed by atoms with E-state index < -0.39 is 29.8 Å². The molecule has 0 spiro atoms. The van der Waals surface area contributed by atoms with Crippen LogP contribution in [0.15, 0.2) is 60.0 Å². The molecular weight excluding hydrogens is 480 g/mol. The fourth-order valence-electron chi connectivity index (χ4n) is 5.44. The molecule has 5 nitrogen and oxygen atoms in total. The van der Waals surface area contributed by atoms with Crippen molar-refractivity contribution in [2.75, 3.05) is 0 Å². The Bertz CT molecular complexity index is 1300. The molecule has 2 N–H and O–H groups in total. The van der Waals surface area contributed by atoms with Crippen molar-refractivity contribution in [3.05, 3.63) is 92.1 Å². The lowest BCUT2D eigenvalue weighted by molar-refractivity contribution is -0.140. The van der Waals surface area contributed by atoms with E-state index in [4.69, 9.17) is 17.3 Å². The predicted molar refractivity (Wildman–Crippen MR) is 138 cm³/mol. The highest BCUT2D eigenvalue weighted by molar-refractivity contribution is 7.10. The maximum atomic E-state index is 14.3. The van der Waals surface area contributed by atoms with E-state index in [1.54, 1.807) is 17.0 Å². The van der Waals surface area contributed by atoms with Gasteiger partial charge in [0, 0.05) is 27.3 Å². The van der Waals surface area contributed by atoms with Crippen molar-refractivity contribution < 1.29 is 14.4 Å². The van der Waals surface area contributed by atoms with Gasteiger partial charge in [-0.3, -0.25) is 14.4 Å². The Hall–Kier alpha value is -2.96.